The van der Waals surface area contributed by atoms with Gasteiger partial charge in [-0.2, -0.15) is 0 Å². The maximum Gasteiger partial charge on any atom is 0.330 e. The van der Waals surface area contributed by atoms with Crippen molar-refractivity contribution in [2.75, 3.05) is 20.3 Å². The van der Waals surface area contributed by atoms with Crippen molar-refractivity contribution in [1.82, 2.24) is 0 Å². The first-order valence-electron chi connectivity index (χ1n) is 6.28. The van der Waals surface area contributed by atoms with Crippen LogP contribution < -0.4 is 0 Å². The van der Waals surface area contributed by atoms with Crippen LogP contribution in [-0.2, 0) is 19.1 Å². The Morgan fingerprint density at radius 3 is 1.25 bits per heavy atom. The quantitative estimate of drug-likeness (QED) is 0.338. The van der Waals surface area contributed by atoms with E-state index in [1.807, 2.05) is 0 Å². The summed E-state index contributed by atoms with van der Waals surface area (Å²) in [5, 5.41) is 39.8. The Kier molecular flexibility index (Phi) is 25.2. The predicted octanol–water partition coefficient (Wildman–Crippen LogP) is -0.0285. The molecule has 0 saturated carbocycles. The van der Waals surface area contributed by atoms with Gasteiger partial charge in [0.15, 0.2) is 0 Å². The molecule has 0 spiro atoms. The van der Waals surface area contributed by atoms with E-state index >= 15 is 0 Å². The Morgan fingerprint density at radius 2 is 1.25 bits per heavy atom. The SMILES string of the molecule is C=C(C)C(=O)O.C=C(C)C(=O)O.C=CC(=O)OC.OCC(O)CO. The molecule has 0 radical (unpaired) electrons. The monoisotopic (exact) mass is 350 g/mol. The lowest BCUT2D eigenvalue weighted by Crippen LogP contribution is -2.15. The number of carboxylic acid groups (broad SMARTS) is 2. The standard InChI is InChI=1S/3C4H6O2.C3H8O3/c1-3-4(5)6-2;2*1-3(2)4(5)6;4-1-3(6)2-5/h3H,1H2,2H3;2*1H2,2H3,(H,5,6);3-6H,1-2H2. The van der Waals surface area contributed by atoms with E-state index in [4.69, 9.17) is 25.5 Å². The minimum Gasteiger partial charge on any atom is -0.478 e. The number of carbonyl (C=O) groups is 3. The van der Waals surface area contributed by atoms with Gasteiger partial charge >= 0.3 is 17.9 Å². The molecule has 0 aliphatic rings. The molecule has 0 aromatic rings. The normalized spacial score (nSPS) is 7.96. The summed E-state index contributed by atoms with van der Waals surface area (Å²) in [6.45, 7) is 11.6. The van der Waals surface area contributed by atoms with E-state index in [1.165, 1.54) is 21.0 Å². The molecule has 0 amide bonds. The summed E-state index contributed by atoms with van der Waals surface area (Å²) in [5.74, 6) is -2.26. The molecule has 0 aliphatic heterocycles. The first kappa shape index (κ1) is 29.5. The van der Waals surface area contributed by atoms with Crippen molar-refractivity contribution in [2.24, 2.45) is 0 Å². The number of carboxylic acids is 2. The molecule has 140 valence electrons. The first-order chi connectivity index (χ1) is 10.9. The number of carbonyl (C=O) groups excluding carboxylic acids is 1. The lowest BCUT2D eigenvalue weighted by atomic mass is 10.4. The minimum atomic E-state index is -0.954. The van der Waals surface area contributed by atoms with Crippen LogP contribution >= 0.6 is 0 Å². The average molecular weight is 350 g/mol. The van der Waals surface area contributed by atoms with Crippen LogP contribution in [0.25, 0.3) is 0 Å². The van der Waals surface area contributed by atoms with Crippen LogP contribution in [0.1, 0.15) is 13.8 Å². The zero-order valence-corrected chi connectivity index (χ0v) is 14.1. The van der Waals surface area contributed by atoms with Gasteiger partial charge in [0.1, 0.15) is 6.10 Å². The molecule has 9 heteroatoms. The third-order valence-electron chi connectivity index (χ3n) is 1.52. The van der Waals surface area contributed by atoms with E-state index in [9.17, 15) is 14.4 Å². The molecule has 9 nitrogen and oxygen atoms in total. The Labute approximate surface area is 140 Å². The molecule has 0 fully saturated rings. The number of esters is 1. The molecule has 0 aromatic carbocycles. The lowest BCUT2D eigenvalue weighted by Gasteiger charge is -1.96. The summed E-state index contributed by atoms with van der Waals surface area (Å²) >= 11 is 0. The smallest absolute Gasteiger partial charge is 0.330 e. The van der Waals surface area contributed by atoms with Gasteiger partial charge in [-0.1, -0.05) is 19.7 Å². The summed E-state index contributed by atoms with van der Waals surface area (Å²) in [6.07, 6.45) is 0.157. The Bertz CT molecular complexity index is 358. The van der Waals surface area contributed by atoms with Crippen LogP contribution in [0.2, 0.25) is 0 Å². The number of methoxy groups -OCH3 is 1. The molecule has 0 rings (SSSR count). The highest BCUT2D eigenvalue weighted by atomic mass is 16.5. The van der Waals surface area contributed by atoms with Crippen LogP contribution in [0.15, 0.2) is 37.0 Å². The van der Waals surface area contributed by atoms with Crippen LogP contribution in [0, 0.1) is 0 Å². The molecule has 0 atom stereocenters. The molecule has 0 unspecified atom stereocenters. The summed E-state index contributed by atoms with van der Waals surface area (Å²) in [4.78, 5) is 29.0. The van der Waals surface area contributed by atoms with Gasteiger partial charge in [-0.15, -0.1) is 0 Å². The van der Waals surface area contributed by atoms with Crippen molar-refractivity contribution < 1.29 is 44.7 Å². The number of aliphatic hydroxyl groups is 3. The zero-order chi connectivity index (χ0) is 20.3. The van der Waals surface area contributed by atoms with E-state index in [2.05, 4.69) is 24.5 Å². The number of hydrogen-bond acceptors (Lipinski definition) is 7. The molecular formula is C15H26O9. The molecule has 5 N–H and O–H groups in total. The summed E-state index contributed by atoms with van der Waals surface area (Å²) in [5.41, 5.74) is 0.352. The Morgan fingerprint density at radius 1 is 1.00 bits per heavy atom. The maximum absolute atomic E-state index is 9.84. The highest BCUT2D eigenvalue weighted by molar-refractivity contribution is 5.85. The van der Waals surface area contributed by atoms with E-state index in [-0.39, 0.29) is 24.4 Å². The van der Waals surface area contributed by atoms with Crippen molar-refractivity contribution >= 4 is 17.9 Å². The van der Waals surface area contributed by atoms with E-state index < -0.39 is 24.0 Å². The Balaban J connectivity index is -0.000000111. The van der Waals surface area contributed by atoms with Crippen LogP contribution in [0.5, 0.6) is 0 Å². The van der Waals surface area contributed by atoms with Gasteiger partial charge in [-0.3, -0.25) is 0 Å². The number of aliphatic hydroxyl groups excluding tert-OH is 3. The lowest BCUT2D eigenvalue weighted by molar-refractivity contribution is -0.135. The fourth-order valence-electron chi connectivity index (χ4n) is 0.141. The largest absolute Gasteiger partial charge is 0.478 e. The molecule has 0 heterocycles. The molecule has 0 aromatic heterocycles. The van der Waals surface area contributed by atoms with Crippen LogP contribution in [0.3, 0.4) is 0 Å². The maximum atomic E-state index is 9.84. The van der Waals surface area contributed by atoms with Gasteiger partial charge in [-0.05, 0) is 13.8 Å². The van der Waals surface area contributed by atoms with Crippen molar-refractivity contribution in [3.05, 3.63) is 37.0 Å². The molecule has 0 aliphatic carbocycles. The predicted molar refractivity (Wildman–Crippen MR) is 87.3 cm³/mol. The van der Waals surface area contributed by atoms with E-state index in [0.29, 0.717) is 0 Å². The second-order valence-electron chi connectivity index (χ2n) is 3.92. The van der Waals surface area contributed by atoms with Gasteiger partial charge in [0.2, 0.25) is 0 Å². The Hall–Kier alpha value is -2.49. The first-order valence-corrected chi connectivity index (χ1v) is 6.28. The van der Waals surface area contributed by atoms with Crippen molar-refractivity contribution in [2.45, 2.75) is 20.0 Å². The van der Waals surface area contributed by atoms with Gasteiger partial charge in [-0.25, -0.2) is 14.4 Å². The number of hydrogen-bond donors (Lipinski definition) is 5. The van der Waals surface area contributed by atoms with Gasteiger partial charge < -0.3 is 30.3 Å². The highest BCUT2D eigenvalue weighted by Gasteiger charge is 1.93. The number of aliphatic carboxylic acids is 2. The topological polar surface area (TPSA) is 162 Å². The fraction of sp³-hybridized carbons (Fsp3) is 0.400. The second kappa shape index (κ2) is 20.5. The van der Waals surface area contributed by atoms with E-state index in [0.717, 1.165) is 6.08 Å². The van der Waals surface area contributed by atoms with Crippen LogP contribution in [-0.4, -0.2) is 69.9 Å². The highest BCUT2D eigenvalue weighted by Crippen LogP contribution is 1.81. The van der Waals surface area contributed by atoms with E-state index in [1.54, 1.807) is 0 Å². The van der Waals surface area contributed by atoms with Gasteiger partial charge in [0.25, 0.3) is 0 Å². The number of ether oxygens (including phenoxy) is 1. The second-order valence-corrected chi connectivity index (χ2v) is 3.92. The summed E-state index contributed by atoms with van der Waals surface area (Å²) in [6, 6.07) is 0. The molecule has 0 saturated heterocycles. The third-order valence-corrected chi connectivity index (χ3v) is 1.52. The zero-order valence-electron chi connectivity index (χ0n) is 14.1. The van der Waals surface area contributed by atoms with Gasteiger partial charge in [0, 0.05) is 17.2 Å². The summed E-state index contributed by atoms with van der Waals surface area (Å²) < 4.78 is 4.14. The molecule has 24 heavy (non-hydrogen) atoms. The average Bonchev–Trinajstić information content (AvgIpc) is 2.54. The minimum absolute atomic E-state index is 0.176. The van der Waals surface area contributed by atoms with Gasteiger partial charge in [0.05, 0.1) is 20.3 Å². The molecular weight excluding hydrogens is 324 g/mol. The van der Waals surface area contributed by atoms with Crippen molar-refractivity contribution in [3.8, 4) is 0 Å². The number of rotatable bonds is 5. The fourth-order valence-corrected chi connectivity index (χ4v) is 0.141. The van der Waals surface area contributed by atoms with Crippen molar-refractivity contribution in [1.29, 1.82) is 0 Å². The third kappa shape index (κ3) is 36.6. The van der Waals surface area contributed by atoms with Crippen LogP contribution in [0.4, 0.5) is 0 Å². The summed E-state index contributed by atoms with van der Waals surface area (Å²) in [7, 11) is 1.31. The van der Waals surface area contributed by atoms with Crippen molar-refractivity contribution in [3.63, 3.8) is 0 Å². The molecule has 0 bridgehead atoms.